The van der Waals surface area contributed by atoms with E-state index >= 15 is 0 Å². The molecular weight excluding hydrogens is 287 g/mol. The number of anilines is 1. The van der Waals surface area contributed by atoms with E-state index in [9.17, 15) is 9.59 Å². The summed E-state index contributed by atoms with van der Waals surface area (Å²) >= 11 is 11.9. The van der Waals surface area contributed by atoms with Gasteiger partial charge in [-0.15, -0.1) is 0 Å². The van der Waals surface area contributed by atoms with Gasteiger partial charge < -0.3 is 5.32 Å². The van der Waals surface area contributed by atoms with Crippen LogP contribution < -0.4 is 5.32 Å². The predicted octanol–water partition coefficient (Wildman–Crippen LogP) is 3.45. The van der Waals surface area contributed by atoms with Gasteiger partial charge in [-0.2, -0.15) is 0 Å². The molecule has 0 aliphatic carbocycles. The summed E-state index contributed by atoms with van der Waals surface area (Å²) in [6.45, 7) is 0. The van der Waals surface area contributed by atoms with Crippen LogP contribution in [-0.4, -0.2) is 17.2 Å². The smallest absolute Gasteiger partial charge is 0.258 e. The van der Waals surface area contributed by atoms with E-state index in [0.29, 0.717) is 17.5 Å². The lowest BCUT2D eigenvalue weighted by Crippen LogP contribution is -2.13. The van der Waals surface area contributed by atoms with E-state index < -0.39 is 5.91 Å². The van der Waals surface area contributed by atoms with Crippen molar-refractivity contribution in [3.05, 3.63) is 57.8 Å². The first kappa shape index (κ1) is 13.5. The molecule has 0 aliphatic heterocycles. The Bertz CT molecular complexity index is 607. The van der Waals surface area contributed by atoms with Gasteiger partial charge in [0.1, 0.15) is 6.29 Å². The summed E-state index contributed by atoms with van der Waals surface area (Å²) in [5.74, 6) is -0.446. The maximum Gasteiger partial charge on any atom is 0.258 e. The quantitative estimate of drug-likeness (QED) is 0.882. The number of aromatic nitrogens is 1. The van der Waals surface area contributed by atoms with Crippen LogP contribution in [0.1, 0.15) is 20.7 Å². The Kier molecular flexibility index (Phi) is 4.14. The summed E-state index contributed by atoms with van der Waals surface area (Å²) in [6.07, 6.45) is 3.71. The molecule has 96 valence electrons. The molecule has 2 aromatic rings. The van der Waals surface area contributed by atoms with Crippen LogP contribution in [-0.2, 0) is 0 Å². The zero-order chi connectivity index (χ0) is 13.8. The Morgan fingerprint density at radius 1 is 1.16 bits per heavy atom. The van der Waals surface area contributed by atoms with Gasteiger partial charge in [0.25, 0.3) is 5.91 Å². The lowest BCUT2D eigenvalue weighted by atomic mass is 10.1. The van der Waals surface area contributed by atoms with Crippen molar-refractivity contribution >= 4 is 41.1 Å². The number of pyridine rings is 1. The zero-order valence-electron chi connectivity index (χ0n) is 9.56. The van der Waals surface area contributed by atoms with Crippen LogP contribution in [0.3, 0.4) is 0 Å². The van der Waals surface area contributed by atoms with Crippen LogP contribution in [0.4, 0.5) is 5.69 Å². The Hall–Kier alpha value is -1.91. The van der Waals surface area contributed by atoms with E-state index in [-0.39, 0.29) is 15.6 Å². The first-order valence-corrected chi connectivity index (χ1v) is 6.03. The number of nitrogens with one attached hydrogen (secondary N) is 1. The average molecular weight is 295 g/mol. The van der Waals surface area contributed by atoms with E-state index in [1.165, 1.54) is 12.1 Å². The van der Waals surface area contributed by atoms with E-state index in [1.807, 2.05) is 0 Å². The van der Waals surface area contributed by atoms with Crippen molar-refractivity contribution < 1.29 is 9.59 Å². The monoisotopic (exact) mass is 294 g/mol. The fourth-order valence-electron chi connectivity index (χ4n) is 1.51. The van der Waals surface area contributed by atoms with Crippen molar-refractivity contribution in [1.82, 2.24) is 4.98 Å². The second kappa shape index (κ2) is 5.82. The summed E-state index contributed by atoms with van der Waals surface area (Å²) in [5.41, 5.74) is 1.02. The molecule has 0 bridgehead atoms. The van der Waals surface area contributed by atoms with Gasteiger partial charge >= 0.3 is 0 Å². The number of benzene rings is 1. The van der Waals surface area contributed by atoms with Crippen molar-refractivity contribution in [3.63, 3.8) is 0 Å². The highest BCUT2D eigenvalue weighted by molar-refractivity contribution is 6.40. The van der Waals surface area contributed by atoms with Gasteiger partial charge in [-0.3, -0.25) is 14.6 Å². The zero-order valence-corrected chi connectivity index (χ0v) is 11.1. The fraction of sp³-hybridized carbons (Fsp3) is 0. The van der Waals surface area contributed by atoms with E-state index in [1.54, 1.807) is 24.5 Å². The van der Waals surface area contributed by atoms with Crippen LogP contribution in [0, 0.1) is 0 Å². The van der Waals surface area contributed by atoms with Gasteiger partial charge in [-0.1, -0.05) is 23.2 Å². The minimum Gasteiger partial charge on any atom is -0.322 e. The Balaban J connectivity index is 2.32. The number of aldehydes is 1. The predicted molar refractivity (Wildman–Crippen MR) is 74.0 cm³/mol. The number of halogens is 2. The maximum absolute atomic E-state index is 12.1. The third-order valence-corrected chi connectivity index (χ3v) is 2.96. The molecule has 4 nitrogen and oxygen atoms in total. The van der Waals surface area contributed by atoms with Gasteiger partial charge in [-0.05, 0) is 24.3 Å². The highest BCUT2D eigenvalue weighted by Gasteiger charge is 2.16. The Morgan fingerprint density at radius 3 is 2.26 bits per heavy atom. The lowest BCUT2D eigenvalue weighted by molar-refractivity contribution is 0.102. The molecular formula is C13H8Cl2N2O2. The normalized spacial score (nSPS) is 10.0. The molecule has 0 saturated carbocycles. The van der Waals surface area contributed by atoms with Crippen LogP contribution in [0.25, 0.3) is 0 Å². The number of rotatable bonds is 3. The number of nitrogens with zero attached hydrogens (tertiary/aromatic N) is 1. The number of amides is 1. The van der Waals surface area contributed by atoms with Crippen molar-refractivity contribution in [3.8, 4) is 0 Å². The molecule has 1 amide bonds. The minimum atomic E-state index is -0.446. The van der Waals surface area contributed by atoms with Crippen molar-refractivity contribution in [2.75, 3.05) is 5.32 Å². The molecule has 0 fully saturated rings. The molecule has 0 radical (unpaired) electrons. The molecule has 0 unspecified atom stereocenters. The largest absolute Gasteiger partial charge is 0.322 e. The highest BCUT2D eigenvalue weighted by Crippen LogP contribution is 2.27. The van der Waals surface area contributed by atoms with Gasteiger partial charge in [0.05, 0.1) is 15.6 Å². The minimum absolute atomic E-state index is 0.126. The summed E-state index contributed by atoms with van der Waals surface area (Å²) < 4.78 is 0. The topological polar surface area (TPSA) is 59.1 Å². The van der Waals surface area contributed by atoms with Crippen molar-refractivity contribution in [2.45, 2.75) is 0 Å². The maximum atomic E-state index is 12.1. The number of hydrogen-bond donors (Lipinski definition) is 1. The second-order valence-electron chi connectivity index (χ2n) is 3.67. The van der Waals surface area contributed by atoms with Gasteiger partial charge in [0.2, 0.25) is 0 Å². The summed E-state index contributed by atoms with van der Waals surface area (Å²) in [6, 6.07) is 6.06. The van der Waals surface area contributed by atoms with E-state index in [0.717, 1.165) is 0 Å². The van der Waals surface area contributed by atoms with Crippen LogP contribution in [0.5, 0.6) is 0 Å². The molecule has 0 saturated heterocycles. The number of carbonyl (C=O) groups is 2. The van der Waals surface area contributed by atoms with Crippen molar-refractivity contribution in [1.29, 1.82) is 0 Å². The van der Waals surface area contributed by atoms with E-state index in [4.69, 9.17) is 23.2 Å². The van der Waals surface area contributed by atoms with Crippen molar-refractivity contribution in [2.24, 2.45) is 0 Å². The van der Waals surface area contributed by atoms with Gasteiger partial charge in [0, 0.05) is 23.6 Å². The molecule has 0 atom stereocenters. The van der Waals surface area contributed by atoms with Crippen LogP contribution in [0.2, 0.25) is 10.0 Å². The first-order valence-electron chi connectivity index (χ1n) is 5.27. The first-order chi connectivity index (χ1) is 9.11. The summed E-state index contributed by atoms with van der Waals surface area (Å²) in [4.78, 5) is 26.6. The Labute approximate surface area is 119 Å². The summed E-state index contributed by atoms with van der Waals surface area (Å²) in [7, 11) is 0. The molecule has 1 aromatic heterocycles. The molecule has 1 heterocycles. The lowest BCUT2D eigenvalue weighted by Gasteiger charge is -2.08. The third-order valence-electron chi connectivity index (χ3n) is 2.37. The van der Waals surface area contributed by atoms with E-state index in [2.05, 4.69) is 10.3 Å². The molecule has 0 spiro atoms. The molecule has 0 aliphatic rings. The molecule has 6 heteroatoms. The molecule has 2 rings (SSSR count). The standard InChI is InChI=1S/C13H8Cl2N2O2/c14-10-5-8(7-18)6-11(15)12(10)13(19)17-9-1-3-16-4-2-9/h1-7H,(H,16,17,19). The molecule has 1 aromatic carbocycles. The number of hydrogen-bond acceptors (Lipinski definition) is 3. The van der Waals surface area contributed by atoms with Crippen LogP contribution >= 0.6 is 23.2 Å². The highest BCUT2D eigenvalue weighted by atomic mass is 35.5. The second-order valence-corrected chi connectivity index (χ2v) is 4.48. The SMILES string of the molecule is O=Cc1cc(Cl)c(C(=O)Nc2ccncc2)c(Cl)c1. The van der Waals surface area contributed by atoms with Gasteiger partial charge in [-0.25, -0.2) is 0 Å². The average Bonchev–Trinajstić information content (AvgIpc) is 2.38. The Morgan fingerprint density at radius 2 is 1.74 bits per heavy atom. The molecule has 1 N–H and O–H groups in total. The molecule has 19 heavy (non-hydrogen) atoms. The van der Waals surface area contributed by atoms with Crippen LogP contribution in [0.15, 0.2) is 36.7 Å². The fourth-order valence-corrected chi connectivity index (χ4v) is 2.18. The number of carbonyl (C=O) groups excluding carboxylic acids is 2. The summed E-state index contributed by atoms with van der Waals surface area (Å²) in [5, 5.41) is 2.89. The third kappa shape index (κ3) is 3.10. The van der Waals surface area contributed by atoms with Gasteiger partial charge in [0.15, 0.2) is 0 Å².